The number of aliphatic hydroxyl groups is 1. The van der Waals surface area contributed by atoms with Crippen LogP contribution in [0.2, 0.25) is 0 Å². The fraction of sp³-hybridized carbons (Fsp3) is 0.286. The monoisotopic (exact) mass is 384 g/mol. The number of hydrogen-bond acceptors (Lipinski definition) is 4. The molecular weight excluding hydrogens is 359 g/mol. The quantitative estimate of drug-likeness (QED) is 0.408. The van der Waals surface area contributed by atoms with Crippen LogP contribution in [0.4, 0.5) is 4.39 Å². The molecule has 28 heavy (non-hydrogen) atoms. The van der Waals surface area contributed by atoms with E-state index in [4.69, 9.17) is 11.5 Å². The Kier molecular flexibility index (Phi) is 6.41. The van der Waals surface area contributed by atoms with Gasteiger partial charge in [0, 0.05) is 35.7 Å². The fourth-order valence-corrected chi connectivity index (χ4v) is 3.31. The minimum atomic E-state index is -0.366. The molecule has 0 aliphatic carbocycles. The predicted octanol–water partition coefficient (Wildman–Crippen LogP) is 1.99. The molecule has 3 aromatic rings. The highest BCUT2D eigenvalue weighted by molar-refractivity contribution is 6.09. The van der Waals surface area contributed by atoms with Gasteiger partial charge in [-0.25, -0.2) is 4.39 Å². The van der Waals surface area contributed by atoms with Crippen molar-refractivity contribution in [3.05, 3.63) is 60.0 Å². The number of rotatable bonds is 8. The normalized spacial score (nSPS) is 13.4. The van der Waals surface area contributed by atoms with E-state index in [2.05, 4.69) is 10.3 Å². The van der Waals surface area contributed by atoms with Crippen molar-refractivity contribution in [1.29, 1.82) is 0 Å². The first-order valence-electron chi connectivity index (χ1n) is 9.24. The smallest absolute Gasteiger partial charge is 0.268 e. The number of amides is 1. The number of nitrogens with one attached hydrogen (secondary N) is 2. The Morgan fingerprint density at radius 2 is 1.96 bits per heavy atom. The fourth-order valence-electron chi connectivity index (χ4n) is 3.31. The third-order valence-electron chi connectivity index (χ3n) is 4.80. The third kappa shape index (κ3) is 4.39. The van der Waals surface area contributed by atoms with Crippen molar-refractivity contribution in [1.82, 2.24) is 10.3 Å². The average molecular weight is 384 g/mol. The van der Waals surface area contributed by atoms with Crippen LogP contribution in [0.15, 0.2) is 48.5 Å². The molecule has 0 spiro atoms. The van der Waals surface area contributed by atoms with E-state index in [9.17, 15) is 14.3 Å². The number of carbonyl (C=O) groups excluding carboxylic acids is 1. The van der Waals surface area contributed by atoms with Gasteiger partial charge in [-0.15, -0.1) is 0 Å². The van der Waals surface area contributed by atoms with E-state index < -0.39 is 0 Å². The zero-order chi connectivity index (χ0) is 20.1. The second-order valence-corrected chi connectivity index (χ2v) is 6.92. The summed E-state index contributed by atoms with van der Waals surface area (Å²) in [5.41, 5.74) is 14.1. The molecule has 1 unspecified atom stereocenters. The van der Waals surface area contributed by atoms with Crippen molar-refractivity contribution in [3.63, 3.8) is 0 Å². The Labute approximate surface area is 162 Å². The van der Waals surface area contributed by atoms with Crippen molar-refractivity contribution >= 4 is 16.8 Å². The van der Waals surface area contributed by atoms with E-state index in [0.29, 0.717) is 35.1 Å². The largest absolute Gasteiger partial charge is 0.396 e. The first kappa shape index (κ1) is 20.0. The van der Waals surface area contributed by atoms with Gasteiger partial charge >= 0.3 is 0 Å². The van der Waals surface area contributed by atoms with Gasteiger partial charge in [-0.1, -0.05) is 30.3 Å². The number of nitrogens with two attached hydrogens (primary N) is 2. The molecule has 0 saturated heterocycles. The van der Waals surface area contributed by atoms with Gasteiger partial charge in [-0.3, -0.25) is 4.79 Å². The minimum Gasteiger partial charge on any atom is -0.396 e. The van der Waals surface area contributed by atoms with Gasteiger partial charge < -0.3 is 26.9 Å². The molecule has 7 N–H and O–H groups in total. The molecule has 148 valence electrons. The lowest BCUT2D eigenvalue weighted by Crippen LogP contribution is -2.40. The molecule has 0 fully saturated rings. The summed E-state index contributed by atoms with van der Waals surface area (Å²) in [5, 5.41) is 12.7. The van der Waals surface area contributed by atoms with Crippen LogP contribution in [0.3, 0.4) is 0 Å². The van der Waals surface area contributed by atoms with Crippen LogP contribution >= 0.6 is 0 Å². The van der Waals surface area contributed by atoms with Crippen LogP contribution in [0.5, 0.6) is 0 Å². The van der Waals surface area contributed by atoms with Crippen LogP contribution in [0.1, 0.15) is 16.9 Å². The van der Waals surface area contributed by atoms with E-state index in [-0.39, 0.29) is 36.8 Å². The highest BCUT2D eigenvalue weighted by atomic mass is 19.1. The lowest BCUT2D eigenvalue weighted by Gasteiger charge is -2.18. The van der Waals surface area contributed by atoms with Crippen LogP contribution in [0, 0.1) is 11.7 Å². The Balaban J connectivity index is 1.87. The number of halogens is 1. The van der Waals surface area contributed by atoms with Crippen molar-refractivity contribution in [3.8, 4) is 11.1 Å². The zero-order valence-electron chi connectivity index (χ0n) is 15.5. The summed E-state index contributed by atoms with van der Waals surface area (Å²) in [6, 6.07) is 13.4. The van der Waals surface area contributed by atoms with E-state index in [1.165, 1.54) is 12.1 Å². The molecule has 2 aromatic carbocycles. The van der Waals surface area contributed by atoms with Crippen LogP contribution in [-0.4, -0.2) is 41.7 Å². The summed E-state index contributed by atoms with van der Waals surface area (Å²) < 4.78 is 13.8. The summed E-state index contributed by atoms with van der Waals surface area (Å²) in [4.78, 5) is 16.0. The first-order chi connectivity index (χ1) is 13.5. The van der Waals surface area contributed by atoms with E-state index in [0.717, 1.165) is 5.56 Å². The van der Waals surface area contributed by atoms with Gasteiger partial charge in [-0.05, 0) is 42.6 Å². The molecular formula is C21H25FN4O2. The maximum Gasteiger partial charge on any atom is 0.268 e. The van der Waals surface area contributed by atoms with Gasteiger partial charge in [0.05, 0.1) is 0 Å². The average Bonchev–Trinajstić information content (AvgIpc) is 3.09. The molecule has 0 aliphatic rings. The Bertz CT molecular complexity index is 938. The summed E-state index contributed by atoms with van der Waals surface area (Å²) in [5.74, 6) is -0.781. The van der Waals surface area contributed by atoms with Gasteiger partial charge in [0.1, 0.15) is 11.5 Å². The van der Waals surface area contributed by atoms with Gasteiger partial charge in [0.15, 0.2) is 0 Å². The molecule has 2 atom stereocenters. The van der Waals surface area contributed by atoms with Gasteiger partial charge in [0.25, 0.3) is 5.91 Å². The molecule has 1 aromatic heterocycles. The van der Waals surface area contributed by atoms with Gasteiger partial charge in [0.2, 0.25) is 0 Å². The predicted molar refractivity (Wildman–Crippen MR) is 108 cm³/mol. The Morgan fingerprint density at radius 1 is 1.21 bits per heavy atom. The van der Waals surface area contributed by atoms with Crippen molar-refractivity contribution in [2.24, 2.45) is 17.4 Å². The molecule has 6 nitrogen and oxygen atoms in total. The number of benzene rings is 2. The summed E-state index contributed by atoms with van der Waals surface area (Å²) in [6.45, 7) is 0.543. The minimum absolute atomic E-state index is 0.0378. The van der Waals surface area contributed by atoms with E-state index in [1.807, 2.05) is 30.3 Å². The molecule has 0 saturated carbocycles. The number of aliphatic hydroxyl groups excluding tert-OH is 1. The highest BCUT2D eigenvalue weighted by Crippen LogP contribution is 2.32. The molecule has 1 heterocycles. The topological polar surface area (TPSA) is 117 Å². The lowest BCUT2D eigenvalue weighted by molar-refractivity contribution is 0.0946. The summed E-state index contributed by atoms with van der Waals surface area (Å²) >= 11 is 0. The first-order valence-corrected chi connectivity index (χ1v) is 9.24. The number of aromatic nitrogens is 1. The SMILES string of the molecule is NCC(CO)C[C@@H](N)CNC(=O)c1[nH]c2ccc(F)cc2c1-c1ccccc1. The summed E-state index contributed by atoms with van der Waals surface area (Å²) in [7, 11) is 0. The maximum atomic E-state index is 13.8. The van der Waals surface area contributed by atoms with Crippen LogP contribution in [0.25, 0.3) is 22.0 Å². The van der Waals surface area contributed by atoms with Crippen molar-refractivity contribution < 1.29 is 14.3 Å². The summed E-state index contributed by atoms with van der Waals surface area (Å²) in [6.07, 6.45) is 0.511. The Morgan fingerprint density at radius 3 is 2.64 bits per heavy atom. The number of H-pyrrole nitrogens is 1. The highest BCUT2D eigenvalue weighted by Gasteiger charge is 2.20. The van der Waals surface area contributed by atoms with Crippen LogP contribution < -0.4 is 16.8 Å². The van der Waals surface area contributed by atoms with Crippen LogP contribution in [-0.2, 0) is 0 Å². The van der Waals surface area contributed by atoms with E-state index in [1.54, 1.807) is 6.07 Å². The molecule has 1 amide bonds. The lowest BCUT2D eigenvalue weighted by atomic mass is 10.0. The molecule has 0 radical (unpaired) electrons. The van der Waals surface area contributed by atoms with Gasteiger partial charge in [-0.2, -0.15) is 0 Å². The standard InChI is InChI=1S/C21H25FN4O2/c22-15-6-7-18-17(9-15)19(14-4-2-1-3-5-14)20(26-18)21(28)25-11-16(24)8-13(10-23)12-27/h1-7,9,13,16,26-27H,8,10-12,23-24H2,(H,25,28)/t13?,16-/m1/s1. The second kappa shape index (κ2) is 8.97. The molecule has 7 heteroatoms. The van der Waals surface area contributed by atoms with Crippen molar-refractivity contribution in [2.45, 2.75) is 12.5 Å². The maximum absolute atomic E-state index is 13.8. The van der Waals surface area contributed by atoms with E-state index >= 15 is 0 Å². The second-order valence-electron chi connectivity index (χ2n) is 6.92. The molecule has 3 rings (SSSR count). The number of aromatic amines is 1. The molecule has 0 bridgehead atoms. The third-order valence-corrected chi connectivity index (χ3v) is 4.80. The zero-order valence-corrected chi connectivity index (χ0v) is 15.5. The molecule has 0 aliphatic heterocycles. The van der Waals surface area contributed by atoms with Crippen molar-refractivity contribution in [2.75, 3.05) is 19.7 Å². The number of carbonyl (C=O) groups is 1. The number of fused-ring (bicyclic) bond motifs is 1. The number of hydrogen-bond donors (Lipinski definition) is 5. The Hall–Kier alpha value is -2.74.